The molecule has 2 aromatic heterocycles. The van der Waals surface area contributed by atoms with Gasteiger partial charge < -0.3 is 41.0 Å². The van der Waals surface area contributed by atoms with Gasteiger partial charge in [0.2, 0.25) is 18.0 Å². The predicted molar refractivity (Wildman–Crippen MR) is 178 cm³/mol. The van der Waals surface area contributed by atoms with Gasteiger partial charge in [-0.05, 0) is 34.7 Å². The summed E-state index contributed by atoms with van der Waals surface area (Å²) in [6, 6.07) is 4.41. The molecule has 3 aromatic rings. The summed E-state index contributed by atoms with van der Waals surface area (Å²) in [5.41, 5.74) is -0.211. The second-order valence-corrected chi connectivity index (χ2v) is 15.1. The van der Waals surface area contributed by atoms with Crippen LogP contribution in [0, 0.1) is 0 Å². The van der Waals surface area contributed by atoms with E-state index >= 15 is 0 Å². The van der Waals surface area contributed by atoms with Gasteiger partial charge in [-0.25, -0.2) is 4.79 Å². The summed E-state index contributed by atoms with van der Waals surface area (Å²) in [5, 5.41) is 47.0. The molecule has 0 radical (unpaired) electrons. The minimum atomic E-state index is -2.11. The van der Waals surface area contributed by atoms with Crippen LogP contribution in [0.1, 0.15) is 16.5 Å². The molecule has 18 nitrogen and oxygen atoms in total. The Balaban J connectivity index is 0.00000523. The summed E-state index contributed by atoms with van der Waals surface area (Å²) in [6.45, 7) is -0.427. The molecular formula is C29H25N8NaO10S4. The van der Waals surface area contributed by atoms with Crippen LogP contribution in [0.5, 0.6) is 11.5 Å². The fourth-order valence-electron chi connectivity index (χ4n) is 5.57. The van der Waals surface area contributed by atoms with E-state index in [9.17, 15) is 48.9 Å². The number of nitrogens with zero attached hydrogens (tertiary/aromatic N) is 5. The van der Waals surface area contributed by atoms with Crippen molar-refractivity contribution in [3.05, 3.63) is 62.9 Å². The first-order valence-electron chi connectivity index (χ1n) is 14.7. The number of benzene rings is 1. The van der Waals surface area contributed by atoms with Gasteiger partial charge >= 0.3 is 47.4 Å². The number of urea groups is 1. The summed E-state index contributed by atoms with van der Waals surface area (Å²) >= 11 is 4.63. The van der Waals surface area contributed by atoms with Gasteiger partial charge in [-0.1, -0.05) is 35.2 Å². The second kappa shape index (κ2) is 16.2. The number of rotatable bonds is 12. The zero-order valence-electron chi connectivity index (χ0n) is 26.8. The van der Waals surface area contributed by atoms with Crippen molar-refractivity contribution in [2.75, 3.05) is 24.6 Å². The number of thioether (sulfide) groups is 2. The summed E-state index contributed by atoms with van der Waals surface area (Å²) in [4.78, 5) is 94.1. The molecule has 7 amide bonds. The molecular weight excluding hydrogens is 772 g/mol. The molecule has 1 unspecified atom stereocenters. The summed E-state index contributed by atoms with van der Waals surface area (Å²) in [7, 11) is 0. The Morgan fingerprint density at radius 3 is 2.56 bits per heavy atom. The maximum Gasteiger partial charge on any atom is 1.00 e. The average molecular weight is 797 g/mol. The quantitative estimate of drug-likeness (QED) is 0.0222. The molecule has 0 bridgehead atoms. The van der Waals surface area contributed by atoms with Crippen molar-refractivity contribution in [3.63, 3.8) is 0 Å². The molecule has 0 saturated carbocycles. The standard InChI is InChI=1S/C29H26N8O10S4.Na/c38-12-30-29(25(46)37-20(24(44)45)15(10-49-26(29)37)11-50-28-34-31-13-51-28)33-21(41)19(18-2-1-7-48-18)32-27(47)36-6-5-35(22(42)23(36)43)9-14-3-4-16(39)17(40)8-14;/h1-4,7-8,12-13,19,26,39-40H,5-6,9-11H2,(H,30,38)(H,32,47)(H,33,41)(H,44,45);/q;+1/p-1/t19?,26-,29+;/m0./s1. The molecule has 0 aliphatic carbocycles. The van der Waals surface area contributed by atoms with Crippen molar-refractivity contribution in [1.29, 1.82) is 0 Å². The molecule has 52 heavy (non-hydrogen) atoms. The Bertz CT molecular complexity index is 1950. The van der Waals surface area contributed by atoms with E-state index in [1.807, 2.05) is 0 Å². The molecule has 2 saturated heterocycles. The van der Waals surface area contributed by atoms with Gasteiger partial charge in [0.1, 0.15) is 16.9 Å². The molecule has 1 aromatic carbocycles. The normalized spacial score (nSPS) is 20.3. The van der Waals surface area contributed by atoms with Crippen LogP contribution in [0.15, 0.2) is 56.8 Å². The number of fused-ring (bicyclic) bond motifs is 1. The molecule has 23 heteroatoms. The number of carbonyl (C=O) groups is 7. The number of aromatic nitrogens is 2. The van der Waals surface area contributed by atoms with Crippen LogP contribution in [-0.2, 0) is 35.3 Å². The van der Waals surface area contributed by atoms with Crippen molar-refractivity contribution in [1.82, 2.24) is 40.8 Å². The van der Waals surface area contributed by atoms with Gasteiger partial charge in [-0.15, -0.1) is 33.3 Å². The van der Waals surface area contributed by atoms with Gasteiger partial charge in [0.15, 0.2) is 15.8 Å². The fraction of sp³-hybridized carbons (Fsp3) is 0.276. The number of aliphatic carboxylic acids is 1. The predicted octanol–water partition coefficient (Wildman–Crippen LogP) is -4.09. The van der Waals surface area contributed by atoms with Crippen LogP contribution in [0.2, 0.25) is 0 Å². The van der Waals surface area contributed by atoms with Crippen molar-refractivity contribution in [3.8, 4) is 11.5 Å². The smallest absolute Gasteiger partial charge is 0.543 e. The third kappa shape index (κ3) is 7.49. The van der Waals surface area contributed by atoms with Crippen LogP contribution in [0.3, 0.4) is 0 Å². The average Bonchev–Trinajstić information content (AvgIpc) is 3.84. The van der Waals surface area contributed by atoms with E-state index in [1.165, 1.54) is 52.9 Å². The molecule has 2 fully saturated rings. The third-order valence-electron chi connectivity index (χ3n) is 7.99. The number of β-lactam (4-membered cyclic amide) rings is 1. The molecule has 5 N–H and O–H groups in total. The van der Waals surface area contributed by atoms with Crippen molar-refractivity contribution in [2.24, 2.45) is 0 Å². The molecule has 6 rings (SSSR count). The number of piperazine rings is 1. The topological polar surface area (TPSA) is 255 Å². The minimum Gasteiger partial charge on any atom is -0.543 e. The number of amides is 7. The number of aromatic hydroxyl groups is 2. The number of nitrogens with one attached hydrogen (secondary N) is 3. The maximum atomic E-state index is 13.9. The first-order chi connectivity index (χ1) is 24.4. The van der Waals surface area contributed by atoms with Gasteiger partial charge in [0.05, 0.1) is 11.7 Å². The number of phenols is 2. The summed E-state index contributed by atoms with van der Waals surface area (Å²) in [6.07, 6.45) is 0.182. The van der Waals surface area contributed by atoms with Gasteiger partial charge in [-0.3, -0.25) is 33.8 Å². The number of carboxylic acid groups (broad SMARTS) is 1. The van der Waals surface area contributed by atoms with Crippen molar-refractivity contribution >= 4 is 88.2 Å². The van der Waals surface area contributed by atoms with E-state index in [0.717, 1.165) is 32.9 Å². The van der Waals surface area contributed by atoms with Gasteiger partial charge in [-0.2, -0.15) is 0 Å². The zero-order chi connectivity index (χ0) is 36.4. The molecule has 3 aliphatic rings. The molecule has 5 heterocycles. The minimum absolute atomic E-state index is 0. The van der Waals surface area contributed by atoms with E-state index in [1.54, 1.807) is 11.4 Å². The number of phenolic OH excluding ortho intramolecular Hbond substituents is 2. The number of hydrogen-bond acceptors (Lipinski definition) is 16. The summed E-state index contributed by atoms with van der Waals surface area (Å²) in [5.74, 6) is -6.29. The van der Waals surface area contributed by atoms with Crippen LogP contribution < -0.4 is 50.6 Å². The molecule has 3 atom stereocenters. The Morgan fingerprint density at radius 1 is 1.12 bits per heavy atom. The largest absolute Gasteiger partial charge is 1.00 e. The van der Waals surface area contributed by atoms with Crippen LogP contribution in [-0.4, -0.2) is 113 Å². The maximum absolute atomic E-state index is 13.9. The Kier molecular flexibility index (Phi) is 12.2. The van der Waals surface area contributed by atoms with E-state index in [-0.39, 0.29) is 77.7 Å². The fourth-order valence-corrected chi connectivity index (χ4v) is 9.39. The third-order valence-corrected chi connectivity index (χ3v) is 12.3. The Hall–Kier alpha value is -4.19. The summed E-state index contributed by atoms with van der Waals surface area (Å²) < 4.78 is 0.580. The Labute approximate surface area is 332 Å². The number of carboxylic acids is 1. The van der Waals surface area contributed by atoms with E-state index in [0.29, 0.717) is 20.4 Å². The van der Waals surface area contributed by atoms with Crippen LogP contribution in [0.4, 0.5) is 4.79 Å². The number of hydrogen-bond donors (Lipinski definition) is 5. The molecule has 3 aliphatic heterocycles. The number of carbonyl (C=O) groups excluding carboxylic acids is 7. The van der Waals surface area contributed by atoms with Crippen LogP contribution in [0.25, 0.3) is 0 Å². The molecule has 0 spiro atoms. The van der Waals surface area contributed by atoms with Crippen LogP contribution >= 0.6 is 46.2 Å². The Morgan fingerprint density at radius 2 is 1.90 bits per heavy atom. The van der Waals surface area contributed by atoms with Gasteiger partial charge in [0.25, 0.3) is 5.91 Å². The molecule has 266 valence electrons. The number of imide groups is 1. The first-order valence-corrected chi connectivity index (χ1v) is 18.5. The SMILES string of the molecule is O=CN[C@@]1(NC(=O)C(NC(=O)N2CCN(Cc3ccc(O)c(O)c3)C(=O)C2=O)c2cccs2)C(=O)N2C(C(=O)[O-])=C(CSc3nncs3)CS[C@H]21.[Na+]. The van der Waals surface area contributed by atoms with E-state index < -0.39 is 64.2 Å². The van der Waals surface area contributed by atoms with Crippen molar-refractivity contribution in [2.45, 2.75) is 28.0 Å². The first kappa shape index (κ1) is 39.0. The number of thiophene rings is 1. The van der Waals surface area contributed by atoms with E-state index in [4.69, 9.17) is 0 Å². The van der Waals surface area contributed by atoms with E-state index in [2.05, 4.69) is 26.1 Å². The van der Waals surface area contributed by atoms with Gasteiger partial charge in [0, 0.05) is 36.0 Å². The zero-order valence-corrected chi connectivity index (χ0v) is 32.1. The second-order valence-electron chi connectivity index (χ2n) is 11.0. The monoisotopic (exact) mass is 796 g/mol. The van der Waals surface area contributed by atoms with Crippen molar-refractivity contribution < 1.29 is 78.4 Å².